The van der Waals surface area contributed by atoms with Crippen LogP contribution in [0.4, 0.5) is 0 Å². The summed E-state index contributed by atoms with van der Waals surface area (Å²) in [5.41, 5.74) is 0.908. The maximum absolute atomic E-state index is 12.1. The maximum Gasteiger partial charge on any atom is 0.335 e. The van der Waals surface area contributed by atoms with Crippen LogP contribution in [0.1, 0.15) is 24.8 Å². The molecule has 0 radical (unpaired) electrons. The van der Waals surface area contributed by atoms with Gasteiger partial charge < -0.3 is 14.9 Å². The van der Waals surface area contributed by atoms with Crippen LogP contribution in [-0.4, -0.2) is 58.5 Å². The number of fused-ring (bicyclic) bond motifs is 2. The van der Waals surface area contributed by atoms with Crippen LogP contribution in [0.15, 0.2) is 30.3 Å². The molecule has 0 aromatic heterocycles. The van der Waals surface area contributed by atoms with Crippen LogP contribution in [0.3, 0.4) is 0 Å². The fourth-order valence-electron chi connectivity index (χ4n) is 3.66. The molecule has 2 aliphatic heterocycles. The summed E-state index contributed by atoms with van der Waals surface area (Å²) >= 11 is 0. The first-order chi connectivity index (χ1) is 10.5. The molecule has 0 saturated carbocycles. The van der Waals surface area contributed by atoms with Gasteiger partial charge >= 0.3 is 5.97 Å². The number of carbonyl (C=O) groups excluding carboxylic acids is 1. The highest BCUT2D eigenvalue weighted by molar-refractivity contribution is 5.75. The Labute approximate surface area is 130 Å². The number of nitrogens with zero attached hydrogens (tertiary/aromatic N) is 1. The van der Waals surface area contributed by atoms with Crippen LogP contribution < -0.4 is 0 Å². The van der Waals surface area contributed by atoms with Crippen molar-refractivity contribution >= 4 is 5.97 Å². The van der Waals surface area contributed by atoms with Gasteiger partial charge in [-0.05, 0) is 19.0 Å². The highest BCUT2D eigenvalue weighted by Gasteiger charge is 2.45. The molecule has 2 aliphatic rings. The molecular formula is C17H23NO4. The second-order valence-corrected chi connectivity index (χ2v) is 6.43. The fourth-order valence-corrected chi connectivity index (χ4v) is 3.66. The van der Waals surface area contributed by atoms with E-state index in [1.54, 1.807) is 0 Å². The van der Waals surface area contributed by atoms with Crippen molar-refractivity contribution in [1.29, 1.82) is 0 Å². The van der Waals surface area contributed by atoms with E-state index in [-0.39, 0.29) is 30.7 Å². The number of aliphatic hydroxyl groups excluding tert-OH is 2. The predicted molar refractivity (Wildman–Crippen MR) is 81.2 cm³/mol. The fraction of sp³-hybridized carbons (Fsp3) is 0.588. The molecule has 1 aromatic rings. The maximum atomic E-state index is 12.1. The van der Waals surface area contributed by atoms with E-state index in [1.807, 2.05) is 37.4 Å². The summed E-state index contributed by atoms with van der Waals surface area (Å²) in [5, 5.41) is 20.0. The average molecular weight is 305 g/mol. The first kappa shape index (κ1) is 15.5. The van der Waals surface area contributed by atoms with Gasteiger partial charge in [-0.25, -0.2) is 4.79 Å². The van der Waals surface area contributed by atoms with Crippen molar-refractivity contribution in [2.75, 3.05) is 7.05 Å². The SMILES string of the molecule is CN1C2CC(OC(=O)C(O)Cc3ccccc3)CC1C(O)C2. The molecule has 0 aliphatic carbocycles. The monoisotopic (exact) mass is 305 g/mol. The molecule has 3 rings (SSSR count). The molecule has 5 heteroatoms. The largest absolute Gasteiger partial charge is 0.460 e. The van der Waals surface area contributed by atoms with Gasteiger partial charge in [-0.1, -0.05) is 30.3 Å². The Balaban J connectivity index is 1.54. The van der Waals surface area contributed by atoms with E-state index in [0.717, 1.165) is 18.4 Å². The molecule has 2 saturated heterocycles. The average Bonchev–Trinajstić information content (AvgIpc) is 2.67. The molecular weight excluding hydrogens is 282 g/mol. The highest BCUT2D eigenvalue weighted by Crippen LogP contribution is 2.35. The Morgan fingerprint density at radius 3 is 2.73 bits per heavy atom. The molecule has 5 unspecified atom stereocenters. The van der Waals surface area contributed by atoms with Crippen molar-refractivity contribution in [2.45, 2.75) is 56.1 Å². The standard InChI is InChI=1S/C17H23NO4/c1-18-12-8-13(10-14(18)15(19)9-12)22-17(21)16(20)7-11-5-3-2-4-6-11/h2-6,12-16,19-20H,7-10H2,1H3. The Kier molecular flexibility index (Phi) is 4.47. The Bertz CT molecular complexity index is 521. The van der Waals surface area contributed by atoms with Gasteiger partial charge in [-0.2, -0.15) is 0 Å². The second-order valence-electron chi connectivity index (χ2n) is 6.43. The topological polar surface area (TPSA) is 70.0 Å². The minimum Gasteiger partial charge on any atom is -0.460 e. The third-order valence-electron chi connectivity index (χ3n) is 4.92. The summed E-state index contributed by atoms with van der Waals surface area (Å²) < 4.78 is 5.48. The summed E-state index contributed by atoms with van der Waals surface area (Å²) in [7, 11) is 2.01. The summed E-state index contributed by atoms with van der Waals surface area (Å²) in [6, 6.07) is 9.73. The van der Waals surface area contributed by atoms with Gasteiger partial charge in [-0.15, -0.1) is 0 Å². The summed E-state index contributed by atoms with van der Waals surface area (Å²) in [5.74, 6) is -0.563. The predicted octanol–water partition coefficient (Wildman–Crippen LogP) is 0.729. The quantitative estimate of drug-likeness (QED) is 0.803. The van der Waals surface area contributed by atoms with Gasteiger partial charge in [0.25, 0.3) is 0 Å². The normalized spacial score (nSPS) is 32.7. The molecule has 1 aromatic carbocycles. The van der Waals surface area contributed by atoms with Crippen LogP contribution in [0.5, 0.6) is 0 Å². The number of hydrogen-bond donors (Lipinski definition) is 2. The smallest absolute Gasteiger partial charge is 0.335 e. The molecule has 2 bridgehead atoms. The molecule has 5 nitrogen and oxygen atoms in total. The molecule has 5 atom stereocenters. The lowest BCUT2D eigenvalue weighted by Crippen LogP contribution is -2.46. The van der Waals surface area contributed by atoms with E-state index >= 15 is 0 Å². The lowest BCUT2D eigenvalue weighted by molar-refractivity contribution is -0.162. The second kappa shape index (κ2) is 6.36. The van der Waals surface area contributed by atoms with Crippen molar-refractivity contribution < 1.29 is 19.7 Å². The van der Waals surface area contributed by atoms with Crippen molar-refractivity contribution in [1.82, 2.24) is 4.90 Å². The number of esters is 1. The number of carbonyl (C=O) groups is 1. The Morgan fingerprint density at radius 2 is 2.05 bits per heavy atom. The van der Waals surface area contributed by atoms with E-state index in [9.17, 15) is 15.0 Å². The van der Waals surface area contributed by atoms with Gasteiger partial charge in [0.05, 0.1) is 6.10 Å². The van der Waals surface area contributed by atoms with Crippen molar-refractivity contribution in [2.24, 2.45) is 0 Å². The summed E-state index contributed by atoms with van der Waals surface area (Å²) in [4.78, 5) is 14.2. The van der Waals surface area contributed by atoms with Crippen LogP contribution >= 0.6 is 0 Å². The Hall–Kier alpha value is -1.43. The number of aliphatic hydroxyl groups is 2. The number of hydrogen-bond acceptors (Lipinski definition) is 5. The van der Waals surface area contributed by atoms with Crippen LogP contribution in [0, 0.1) is 0 Å². The van der Waals surface area contributed by atoms with Crippen LogP contribution in [-0.2, 0) is 16.0 Å². The minimum atomic E-state index is -1.13. The molecule has 0 amide bonds. The van der Waals surface area contributed by atoms with E-state index in [0.29, 0.717) is 6.42 Å². The number of rotatable bonds is 4. The number of piperidine rings is 1. The minimum absolute atomic E-state index is 0.0582. The number of ether oxygens (including phenoxy) is 1. The molecule has 2 N–H and O–H groups in total. The number of likely N-dealkylation sites (N-methyl/N-ethyl adjacent to an activating group) is 1. The molecule has 120 valence electrons. The van der Waals surface area contributed by atoms with Gasteiger partial charge in [-0.3, -0.25) is 4.90 Å². The molecule has 22 heavy (non-hydrogen) atoms. The Morgan fingerprint density at radius 1 is 1.32 bits per heavy atom. The zero-order valence-electron chi connectivity index (χ0n) is 12.8. The lowest BCUT2D eigenvalue weighted by atomic mass is 10.00. The van der Waals surface area contributed by atoms with Gasteiger partial charge in [0.2, 0.25) is 0 Å². The van der Waals surface area contributed by atoms with Crippen LogP contribution in [0.2, 0.25) is 0 Å². The van der Waals surface area contributed by atoms with Gasteiger partial charge in [0.1, 0.15) is 6.10 Å². The first-order valence-corrected chi connectivity index (χ1v) is 7.87. The van der Waals surface area contributed by atoms with Crippen molar-refractivity contribution in [3.8, 4) is 0 Å². The number of benzene rings is 1. The third kappa shape index (κ3) is 3.16. The molecule has 2 heterocycles. The third-order valence-corrected chi connectivity index (χ3v) is 4.92. The van der Waals surface area contributed by atoms with E-state index in [2.05, 4.69) is 4.90 Å². The highest BCUT2D eigenvalue weighted by atomic mass is 16.6. The van der Waals surface area contributed by atoms with E-state index in [4.69, 9.17) is 4.74 Å². The first-order valence-electron chi connectivity index (χ1n) is 7.87. The summed E-state index contributed by atoms with van der Waals surface area (Å²) in [6.07, 6.45) is 0.689. The van der Waals surface area contributed by atoms with Crippen molar-refractivity contribution in [3.05, 3.63) is 35.9 Å². The van der Waals surface area contributed by atoms with Crippen LogP contribution in [0.25, 0.3) is 0 Å². The van der Waals surface area contributed by atoms with Gasteiger partial charge in [0.15, 0.2) is 6.10 Å². The lowest BCUT2D eigenvalue weighted by Gasteiger charge is -2.36. The molecule has 0 spiro atoms. The van der Waals surface area contributed by atoms with E-state index in [1.165, 1.54) is 0 Å². The molecule has 2 fully saturated rings. The van der Waals surface area contributed by atoms with E-state index < -0.39 is 12.1 Å². The van der Waals surface area contributed by atoms with Crippen molar-refractivity contribution in [3.63, 3.8) is 0 Å². The zero-order chi connectivity index (χ0) is 15.7. The van der Waals surface area contributed by atoms with Gasteiger partial charge in [0, 0.05) is 31.3 Å². The zero-order valence-corrected chi connectivity index (χ0v) is 12.8. The summed E-state index contributed by atoms with van der Waals surface area (Å²) in [6.45, 7) is 0.